The highest BCUT2D eigenvalue weighted by molar-refractivity contribution is 5.80. The molecule has 0 atom stereocenters. The number of amides is 1. The van der Waals surface area contributed by atoms with E-state index < -0.39 is 28.2 Å². The summed E-state index contributed by atoms with van der Waals surface area (Å²) in [5, 5.41) is 13.4. The average molecular weight is 352 g/mol. The fourth-order valence-electron chi connectivity index (χ4n) is 4.56. The van der Waals surface area contributed by atoms with Crippen molar-refractivity contribution in [2.45, 2.75) is 63.3 Å². The van der Waals surface area contributed by atoms with Crippen molar-refractivity contribution >= 4 is 12.1 Å². The first kappa shape index (κ1) is 17.8. The first-order chi connectivity index (χ1) is 11.6. The molecule has 1 N–H and O–H groups in total. The summed E-state index contributed by atoms with van der Waals surface area (Å²) in [4.78, 5) is 28.6. The van der Waals surface area contributed by atoms with E-state index in [-0.39, 0.29) is 12.6 Å². The van der Waals surface area contributed by atoms with Crippen LogP contribution in [0.25, 0.3) is 10.4 Å². The van der Waals surface area contributed by atoms with Gasteiger partial charge in [-0.15, -0.1) is 0 Å². The Bertz CT molecular complexity index is 635. The van der Waals surface area contributed by atoms with Gasteiger partial charge in [0.15, 0.2) is 0 Å². The van der Waals surface area contributed by atoms with E-state index in [9.17, 15) is 14.7 Å². The van der Waals surface area contributed by atoms with Gasteiger partial charge < -0.3 is 19.5 Å². The second-order valence-corrected chi connectivity index (χ2v) is 8.38. The lowest BCUT2D eigenvalue weighted by atomic mass is 9.54. The molecular formula is C16H24N4O5. The van der Waals surface area contributed by atoms with Gasteiger partial charge in [0.05, 0.1) is 17.7 Å². The van der Waals surface area contributed by atoms with Crippen molar-refractivity contribution in [3.63, 3.8) is 0 Å². The van der Waals surface area contributed by atoms with Crippen molar-refractivity contribution in [2.24, 2.45) is 10.5 Å². The number of hydrogen-bond acceptors (Lipinski definition) is 5. The summed E-state index contributed by atoms with van der Waals surface area (Å²) < 4.78 is 11.6. The van der Waals surface area contributed by atoms with E-state index in [1.165, 1.54) is 0 Å². The fraction of sp³-hybridized carbons (Fsp3) is 0.875. The Kier molecular flexibility index (Phi) is 3.92. The first-order valence-corrected chi connectivity index (χ1v) is 8.50. The van der Waals surface area contributed by atoms with E-state index in [2.05, 4.69) is 10.0 Å². The van der Waals surface area contributed by atoms with Gasteiger partial charge >= 0.3 is 12.1 Å². The third-order valence-corrected chi connectivity index (χ3v) is 5.59. The van der Waals surface area contributed by atoms with Gasteiger partial charge in [-0.25, -0.2) is 4.79 Å². The number of hydrogen-bond donors (Lipinski definition) is 1. The predicted octanol–water partition coefficient (Wildman–Crippen LogP) is 2.70. The maximum atomic E-state index is 12.2. The van der Waals surface area contributed by atoms with Crippen LogP contribution in [0, 0.1) is 5.41 Å². The van der Waals surface area contributed by atoms with Gasteiger partial charge in [-0.1, -0.05) is 5.11 Å². The number of carbonyl (C=O) groups is 2. The van der Waals surface area contributed by atoms with Crippen molar-refractivity contribution in [3.05, 3.63) is 10.4 Å². The van der Waals surface area contributed by atoms with E-state index in [1.54, 1.807) is 4.90 Å². The summed E-state index contributed by atoms with van der Waals surface area (Å²) in [6.07, 6.45) is 1.22. The van der Waals surface area contributed by atoms with Crippen LogP contribution in [0.2, 0.25) is 0 Å². The lowest BCUT2D eigenvalue weighted by molar-refractivity contribution is -0.160. The second-order valence-electron chi connectivity index (χ2n) is 8.38. The van der Waals surface area contributed by atoms with Crippen LogP contribution in [0.1, 0.15) is 46.5 Å². The second kappa shape index (κ2) is 5.51. The van der Waals surface area contributed by atoms with Crippen molar-refractivity contribution in [1.82, 2.24) is 4.90 Å². The minimum Gasteiger partial charge on any atom is -0.481 e. The Morgan fingerprint density at radius 1 is 1.32 bits per heavy atom. The molecule has 4 rings (SSSR count). The molecule has 3 aliphatic heterocycles. The SMILES string of the molecule is CC(C)(C)OC(=O)N1CCC2(CC1)OC1(CN=[N+]=[N-])CC2(C(=O)O)C1. The minimum atomic E-state index is -0.946. The van der Waals surface area contributed by atoms with Gasteiger partial charge in [-0.3, -0.25) is 4.79 Å². The molecular weight excluding hydrogens is 328 g/mol. The highest BCUT2D eigenvalue weighted by Gasteiger charge is 2.78. The van der Waals surface area contributed by atoms with Crippen molar-refractivity contribution in [1.29, 1.82) is 0 Å². The molecule has 3 saturated heterocycles. The number of ether oxygens (including phenoxy) is 2. The lowest BCUT2D eigenvalue weighted by Crippen LogP contribution is -2.58. The molecule has 4 aliphatic rings. The molecule has 2 bridgehead atoms. The van der Waals surface area contributed by atoms with Crippen molar-refractivity contribution in [3.8, 4) is 0 Å². The molecule has 9 nitrogen and oxygen atoms in total. The molecule has 0 radical (unpaired) electrons. The Balaban J connectivity index is 1.72. The zero-order chi connectivity index (χ0) is 18.5. The zero-order valence-corrected chi connectivity index (χ0v) is 14.8. The topological polar surface area (TPSA) is 125 Å². The average Bonchev–Trinajstić information content (AvgIpc) is 2.89. The number of carbonyl (C=O) groups excluding carboxylic acids is 1. The minimum absolute atomic E-state index is 0.149. The standard InChI is InChI=1S/C16H24N4O5/c1-13(2,3)24-12(23)20-6-4-16(5-7-20)15(11(21)22)8-14(9-15,25-16)10-18-19-17/h4-10H2,1-3H3,(H,21,22). The number of rotatable bonds is 3. The van der Waals surface area contributed by atoms with Crippen LogP contribution in [0.5, 0.6) is 0 Å². The molecule has 1 saturated carbocycles. The van der Waals surface area contributed by atoms with Crippen LogP contribution >= 0.6 is 0 Å². The Morgan fingerprint density at radius 2 is 1.92 bits per heavy atom. The molecule has 25 heavy (non-hydrogen) atoms. The predicted molar refractivity (Wildman–Crippen MR) is 86.9 cm³/mol. The fourth-order valence-corrected chi connectivity index (χ4v) is 4.56. The monoisotopic (exact) mass is 352 g/mol. The van der Waals surface area contributed by atoms with Gasteiger partial charge in [0.1, 0.15) is 11.0 Å². The molecule has 4 fully saturated rings. The summed E-state index contributed by atoms with van der Waals surface area (Å²) in [5.74, 6) is -0.868. The van der Waals surface area contributed by atoms with Crippen molar-refractivity contribution < 1.29 is 24.2 Å². The lowest BCUT2D eigenvalue weighted by Gasteiger charge is -2.47. The van der Waals surface area contributed by atoms with Gasteiger partial charge in [-0.2, -0.15) is 0 Å². The Hall–Kier alpha value is -1.99. The quantitative estimate of drug-likeness (QED) is 0.475. The molecule has 0 aromatic heterocycles. The number of piperidine rings is 1. The molecule has 0 aromatic carbocycles. The van der Waals surface area contributed by atoms with Crippen LogP contribution in [0.3, 0.4) is 0 Å². The van der Waals surface area contributed by atoms with Crippen molar-refractivity contribution in [2.75, 3.05) is 19.6 Å². The van der Waals surface area contributed by atoms with Crippen LogP contribution < -0.4 is 0 Å². The third-order valence-electron chi connectivity index (χ3n) is 5.59. The molecule has 3 heterocycles. The largest absolute Gasteiger partial charge is 0.481 e. The van der Waals surface area contributed by atoms with Gasteiger partial charge in [0.2, 0.25) is 0 Å². The van der Waals surface area contributed by atoms with Crippen LogP contribution in [-0.2, 0) is 14.3 Å². The van der Waals surface area contributed by atoms with E-state index in [0.29, 0.717) is 38.8 Å². The summed E-state index contributed by atoms with van der Waals surface area (Å²) in [6.45, 7) is 6.36. The molecule has 1 spiro atoms. The summed E-state index contributed by atoms with van der Waals surface area (Å²) in [6, 6.07) is 0. The third kappa shape index (κ3) is 2.71. The van der Waals surface area contributed by atoms with E-state index >= 15 is 0 Å². The van der Waals surface area contributed by atoms with Crippen LogP contribution in [0.4, 0.5) is 4.79 Å². The number of aliphatic carboxylic acids is 1. The van der Waals surface area contributed by atoms with Gasteiger partial charge in [-0.05, 0) is 52.0 Å². The maximum absolute atomic E-state index is 12.2. The zero-order valence-electron chi connectivity index (χ0n) is 14.8. The van der Waals surface area contributed by atoms with Gasteiger partial charge in [0, 0.05) is 18.0 Å². The van der Waals surface area contributed by atoms with E-state index in [4.69, 9.17) is 15.0 Å². The number of carboxylic acid groups (broad SMARTS) is 1. The molecule has 1 aliphatic carbocycles. The molecule has 138 valence electrons. The molecule has 9 heteroatoms. The van der Waals surface area contributed by atoms with Crippen LogP contribution in [-0.4, -0.2) is 58.5 Å². The normalized spacial score (nSPS) is 32.7. The maximum Gasteiger partial charge on any atom is 0.410 e. The summed E-state index contributed by atoms with van der Waals surface area (Å²) in [5.41, 5.74) is 5.56. The highest BCUT2D eigenvalue weighted by atomic mass is 16.6. The van der Waals surface area contributed by atoms with E-state index in [0.717, 1.165) is 0 Å². The number of carboxylic acids is 1. The first-order valence-electron chi connectivity index (χ1n) is 8.50. The summed E-state index contributed by atoms with van der Waals surface area (Å²) >= 11 is 0. The van der Waals surface area contributed by atoms with E-state index in [1.807, 2.05) is 20.8 Å². The smallest absolute Gasteiger partial charge is 0.410 e. The highest BCUT2D eigenvalue weighted by Crippen LogP contribution is 2.69. The molecule has 0 aromatic rings. The Labute approximate surface area is 145 Å². The van der Waals surface area contributed by atoms with Crippen LogP contribution in [0.15, 0.2) is 5.11 Å². The molecule has 1 amide bonds. The van der Waals surface area contributed by atoms with Gasteiger partial charge in [0.25, 0.3) is 0 Å². The number of likely N-dealkylation sites (tertiary alicyclic amines) is 1. The number of nitrogens with zero attached hydrogens (tertiary/aromatic N) is 4. The Morgan fingerprint density at radius 3 is 2.40 bits per heavy atom. The number of azide groups is 1. The summed E-state index contributed by atoms with van der Waals surface area (Å²) in [7, 11) is 0. The molecule has 0 unspecified atom stereocenters.